The smallest absolute Gasteiger partial charge is 0.237 e. The molecule has 0 radical (unpaired) electrons. The monoisotopic (exact) mass is 376 g/mol. The Bertz CT molecular complexity index is 1290. The van der Waals surface area contributed by atoms with Crippen molar-refractivity contribution in [2.45, 2.75) is 5.92 Å². The van der Waals surface area contributed by atoms with Gasteiger partial charge in [-0.05, 0) is 11.6 Å². The molecule has 3 heterocycles. The zero-order valence-electron chi connectivity index (χ0n) is 13.8. The van der Waals surface area contributed by atoms with Crippen molar-refractivity contribution in [3.63, 3.8) is 0 Å². The van der Waals surface area contributed by atoms with Crippen LogP contribution in [-0.2, 0) is 10.3 Å². The Hall–Kier alpha value is -3.77. The third kappa shape index (κ3) is 2.98. The molecular formula is C18H12N6O2S. The minimum absolute atomic E-state index is 0.144. The predicted octanol–water partition coefficient (Wildman–Crippen LogP) is 1.99. The number of nitrogens with zero attached hydrogens (tertiary/aromatic N) is 5. The van der Waals surface area contributed by atoms with E-state index in [9.17, 15) is 13.7 Å². The van der Waals surface area contributed by atoms with E-state index >= 15 is 0 Å². The van der Waals surface area contributed by atoms with Gasteiger partial charge in [0.1, 0.15) is 17.9 Å². The minimum atomic E-state index is -2.64. The van der Waals surface area contributed by atoms with Crippen molar-refractivity contribution < 1.29 is 8.42 Å². The van der Waals surface area contributed by atoms with Crippen molar-refractivity contribution in [3.8, 4) is 17.3 Å². The van der Waals surface area contributed by atoms with Crippen LogP contribution in [0.25, 0.3) is 22.3 Å². The topological polar surface area (TPSA) is 117 Å². The molecular weight excluding hydrogens is 364 g/mol. The number of rotatable bonds is 3. The molecule has 4 aromatic rings. The lowest BCUT2D eigenvalue weighted by Gasteiger charge is -2.10. The summed E-state index contributed by atoms with van der Waals surface area (Å²) in [4.78, 5) is 11.3. The van der Waals surface area contributed by atoms with Crippen LogP contribution in [0.4, 0.5) is 0 Å². The SMILES string of the molecule is N#CC(C(n1cc(-c2ncnc3[nH]ccc23)cn1)=S(=O)=O)c1ccccc1. The number of benzene rings is 1. The maximum atomic E-state index is 11.9. The summed E-state index contributed by atoms with van der Waals surface area (Å²) in [5.74, 6) is -0.977. The number of hydrogen-bond donors (Lipinski definition) is 1. The van der Waals surface area contributed by atoms with Gasteiger partial charge in [-0.25, -0.2) is 14.6 Å². The van der Waals surface area contributed by atoms with Crippen molar-refractivity contribution in [1.82, 2.24) is 24.7 Å². The summed E-state index contributed by atoms with van der Waals surface area (Å²) in [6.45, 7) is 0. The van der Waals surface area contributed by atoms with Crippen LogP contribution >= 0.6 is 0 Å². The van der Waals surface area contributed by atoms with Gasteiger partial charge in [0.2, 0.25) is 10.3 Å². The van der Waals surface area contributed by atoms with Gasteiger partial charge < -0.3 is 4.98 Å². The van der Waals surface area contributed by atoms with Crippen LogP contribution in [0, 0.1) is 11.3 Å². The molecule has 4 rings (SSSR count). The second-order valence-corrected chi connectivity index (χ2v) is 6.57. The Morgan fingerprint density at radius 2 is 2.00 bits per heavy atom. The molecule has 8 nitrogen and oxygen atoms in total. The van der Waals surface area contributed by atoms with E-state index in [4.69, 9.17) is 0 Å². The third-order valence-electron chi connectivity index (χ3n) is 4.12. The predicted molar refractivity (Wildman–Crippen MR) is 99.2 cm³/mol. The van der Waals surface area contributed by atoms with Gasteiger partial charge in [-0.1, -0.05) is 30.3 Å². The average molecular weight is 376 g/mol. The molecule has 0 aliphatic carbocycles. The number of H-pyrrole nitrogens is 1. The van der Waals surface area contributed by atoms with Gasteiger partial charge in [0.15, 0.2) is 4.99 Å². The molecule has 1 unspecified atom stereocenters. The highest BCUT2D eigenvalue weighted by Crippen LogP contribution is 2.25. The van der Waals surface area contributed by atoms with Crippen LogP contribution in [0.2, 0.25) is 0 Å². The maximum Gasteiger partial charge on any atom is 0.237 e. The van der Waals surface area contributed by atoms with E-state index in [-0.39, 0.29) is 4.99 Å². The van der Waals surface area contributed by atoms with E-state index in [0.717, 1.165) is 5.39 Å². The lowest BCUT2D eigenvalue weighted by atomic mass is 10.0. The van der Waals surface area contributed by atoms with E-state index in [0.29, 0.717) is 22.5 Å². The number of nitrogens with one attached hydrogen (secondary N) is 1. The summed E-state index contributed by atoms with van der Waals surface area (Å²) in [6, 6.07) is 12.6. The summed E-state index contributed by atoms with van der Waals surface area (Å²) in [7, 11) is -2.64. The van der Waals surface area contributed by atoms with E-state index < -0.39 is 16.2 Å². The molecule has 0 bridgehead atoms. The molecule has 1 N–H and O–H groups in total. The van der Waals surface area contributed by atoms with E-state index in [1.807, 2.05) is 6.07 Å². The first kappa shape index (κ1) is 16.7. The van der Waals surface area contributed by atoms with Crippen LogP contribution in [0.5, 0.6) is 0 Å². The molecule has 0 aliphatic heterocycles. The number of nitriles is 1. The summed E-state index contributed by atoms with van der Waals surface area (Å²) in [6.07, 6.45) is 6.23. The Kier molecular flexibility index (Phi) is 4.24. The van der Waals surface area contributed by atoms with Crippen LogP contribution in [-0.4, -0.2) is 38.1 Å². The highest BCUT2D eigenvalue weighted by Gasteiger charge is 2.23. The molecule has 0 aliphatic rings. The second-order valence-electron chi connectivity index (χ2n) is 5.68. The second kappa shape index (κ2) is 6.86. The maximum absolute atomic E-state index is 11.9. The Balaban J connectivity index is 1.82. The van der Waals surface area contributed by atoms with Crippen LogP contribution in [0.3, 0.4) is 0 Å². The van der Waals surface area contributed by atoms with Gasteiger partial charge in [0.05, 0.1) is 18.0 Å². The van der Waals surface area contributed by atoms with E-state index in [1.165, 1.54) is 17.2 Å². The van der Waals surface area contributed by atoms with Crippen molar-refractivity contribution in [1.29, 1.82) is 5.26 Å². The Morgan fingerprint density at radius 1 is 1.19 bits per heavy atom. The molecule has 9 heteroatoms. The zero-order valence-corrected chi connectivity index (χ0v) is 14.6. The molecule has 1 aromatic carbocycles. The van der Waals surface area contributed by atoms with Gasteiger partial charge in [-0.3, -0.25) is 0 Å². The molecule has 0 amide bonds. The first-order chi connectivity index (χ1) is 13.2. The zero-order chi connectivity index (χ0) is 18.8. The molecule has 0 saturated carbocycles. The lowest BCUT2D eigenvalue weighted by molar-refractivity contribution is 0.625. The molecule has 0 saturated heterocycles. The van der Waals surface area contributed by atoms with E-state index in [1.54, 1.807) is 42.7 Å². The highest BCUT2D eigenvalue weighted by molar-refractivity contribution is 7.73. The number of hydrogen-bond acceptors (Lipinski definition) is 6. The number of fused-ring (bicyclic) bond motifs is 1. The standard InChI is InChI=1S/C18H12N6O2S/c19-8-15(12-4-2-1-3-5-12)18(27(25)26)24-10-13(9-23-24)16-14-6-7-20-17(14)22-11-21-16/h1-7,9-11,15H,(H,20,21,22). The van der Waals surface area contributed by atoms with E-state index in [2.05, 4.69) is 26.1 Å². The summed E-state index contributed by atoms with van der Waals surface area (Å²) >= 11 is 0. The molecule has 27 heavy (non-hydrogen) atoms. The number of aromatic amines is 1. The molecule has 1 atom stereocenters. The minimum Gasteiger partial charge on any atom is -0.346 e. The van der Waals surface area contributed by atoms with Gasteiger partial charge >= 0.3 is 0 Å². The highest BCUT2D eigenvalue weighted by atomic mass is 32.2. The van der Waals surface area contributed by atoms with Gasteiger partial charge in [0.25, 0.3) is 0 Å². The lowest BCUT2D eigenvalue weighted by Crippen LogP contribution is -2.21. The largest absolute Gasteiger partial charge is 0.346 e. The Labute approximate surface area is 155 Å². The van der Waals surface area contributed by atoms with Gasteiger partial charge in [-0.15, -0.1) is 0 Å². The Morgan fingerprint density at radius 3 is 2.74 bits per heavy atom. The number of aromatic nitrogens is 5. The molecule has 3 aromatic heterocycles. The van der Waals surface area contributed by atoms with Crippen molar-refractivity contribution in [3.05, 3.63) is 66.9 Å². The fourth-order valence-corrected chi connectivity index (χ4v) is 3.52. The summed E-state index contributed by atoms with van der Waals surface area (Å²) in [5, 5.41) is 14.5. The van der Waals surface area contributed by atoms with Crippen LogP contribution < -0.4 is 0 Å². The van der Waals surface area contributed by atoms with Crippen molar-refractivity contribution >= 4 is 26.3 Å². The summed E-state index contributed by atoms with van der Waals surface area (Å²) < 4.78 is 25.0. The summed E-state index contributed by atoms with van der Waals surface area (Å²) in [5.41, 5.74) is 2.49. The van der Waals surface area contributed by atoms with Crippen molar-refractivity contribution in [2.75, 3.05) is 0 Å². The first-order valence-electron chi connectivity index (χ1n) is 7.93. The molecule has 0 spiro atoms. The molecule has 0 fully saturated rings. The van der Waals surface area contributed by atoms with Gasteiger partial charge in [-0.2, -0.15) is 18.8 Å². The van der Waals surface area contributed by atoms with Crippen LogP contribution in [0.1, 0.15) is 11.5 Å². The first-order valence-corrected chi connectivity index (χ1v) is 9.00. The fraction of sp³-hybridized carbons (Fsp3) is 0.0556. The fourth-order valence-electron chi connectivity index (χ4n) is 2.89. The van der Waals surface area contributed by atoms with Crippen molar-refractivity contribution in [2.24, 2.45) is 0 Å². The quantitative estimate of drug-likeness (QED) is 0.546. The molecule has 132 valence electrons. The van der Waals surface area contributed by atoms with Crippen LogP contribution in [0.15, 0.2) is 61.3 Å². The average Bonchev–Trinajstić information content (AvgIpc) is 3.35. The van der Waals surface area contributed by atoms with Gasteiger partial charge in [0, 0.05) is 23.3 Å². The third-order valence-corrected chi connectivity index (χ3v) is 4.88. The normalized spacial score (nSPS) is 11.8.